The van der Waals surface area contributed by atoms with Gasteiger partial charge in [0.05, 0.1) is 17.8 Å². The van der Waals surface area contributed by atoms with E-state index in [1.54, 1.807) is 37.3 Å². The number of aromatic nitrogens is 2. The third-order valence-corrected chi connectivity index (χ3v) is 5.68. The summed E-state index contributed by atoms with van der Waals surface area (Å²) in [5.74, 6) is 0.340. The Morgan fingerprint density at radius 2 is 1.90 bits per heavy atom. The van der Waals surface area contributed by atoms with Gasteiger partial charge in [0.15, 0.2) is 0 Å². The van der Waals surface area contributed by atoms with Crippen LogP contribution in [-0.2, 0) is 12.3 Å². The first-order valence-corrected chi connectivity index (χ1v) is 10.6. The topological polar surface area (TPSA) is 46.9 Å². The Kier molecular flexibility index (Phi) is 7.28. The number of carbonyl (C=O) groups is 1. The fourth-order valence-electron chi connectivity index (χ4n) is 2.80. The summed E-state index contributed by atoms with van der Waals surface area (Å²) in [6, 6.07) is 12.7. The van der Waals surface area contributed by atoms with Gasteiger partial charge in [0.1, 0.15) is 16.8 Å². The monoisotopic (exact) mass is 435 g/mol. The van der Waals surface area contributed by atoms with Crippen LogP contribution in [-0.4, -0.2) is 28.0 Å². The van der Waals surface area contributed by atoms with Crippen molar-refractivity contribution in [1.29, 1.82) is 0 Å². The predicted octanol–water partition coefficient (Wildman–Crippen LogP) is 4.83. The molecule has 0 saturated heterocycles. The van der Waals surface area contributed by atoms with Crippen molar-refractivity contribution in [2.75, 3.05) is 12.3 Å². The van der Waals surface area contributed by atoms with Gasteiger partial charge in [0.25, 0.3) is 5.91 Å². The lowest BCUT2D eigenvalue weighted by molar-refractivity contribution is 0.0955. The highest BCUT2D eigenvalue weighted by molar-refractivity contribution is 7.98. The van der Waals surface area contributed by atoms with Crippen molar-refractivity contribution in [1.82, 2.24) is 15.1 Å². The van der Waals surface area contributed by atoms with E-state index in [4.69, 9.17) is 11.6 Å². The molecule has 0 aliphatic carbocycles. The third-order valence-electron chi connectivity index (χ3n) is 4.29. The van der Waals surface area contributed by atoms with E-state index in [1.165, 1.54) is 34.6 Å². The van der Waals surface area contributed by atoms with Gasteiger partial charge in [-0.25, -0.2) is 13.5 Å². The zero-order valence-electron chi connectivity index (χ0n) is 15.8. The molecule has 3 rings (SSSR count). The molecule has 0 aliphatic rings. The first kappa shape index (κ1) is 21.3. The zero-order chi connectivity index (χ0) is 20.8. The van der Waals surface area contributed by atoms with Crippen LogP contribution in [0.25, 0.3) is 0 Å². The Bertz CT molecular complexity index is 992. The SMILES string of the molecule is Cc1nn(Cc2ccc(F)cc2)c(Cl)c1C(=O)NCCSCc1ccccc1F. The molecule has 3 aromatic rings. The van der Waals surface area contributed by atoms with Crippen molar-refractivity contribution in [3.05, 3.63) is 87.7 Å². The molecule has 2 aromatic carbocycles. The van der Waals surface area contributed by atoms with Gasteiger partial charge in [0, 0.05) is 18.1 Å². The summed E-state index contributed by atoms with van der Waals surface area (Å²) in [4.78, 5) is 12.5. The highest BCUT2D eigenvalue weighted by atomic mass is 35.5. The smallest absolute Gasteiger partial charge is 0.256 e. The van der Waals surface area contributed by atoms with E-state index in [-0.39, 0.29) is 22.7 Å². The number of hydrogen-bond donors (Lipinski definition) is 1. The van der Waals surface area contributed by atoms with Gasteiger partial charge in [-0.15, -0.1) is 0 Å². The Hall–Kier alpha value is -2.38. The van der Waals surface area contributed by atoms with Crippen molar-refractivity contribution in [3.8, 4) is 0 Å². The van der Waals surface area contributed by atoms with Crippen molar-refractivity contribution in [2.24, 2.45) is 0 Å². The number of rotatable bonds is 8. The van der Waals surface area contributed by atoms with Crippen molar-refractivity contribution < 1.29 is 13.6 Å². The number of amides is 1. The maximum atomic E-state index is 13.6. The number of carbonyl (C=O) groups excluding carboxylic acids is 1. The summed E-state index contributed by atoms with van der Waals surface area (Å²) in [6.07, 6.45) is 0. The minimum absolute atomic E-state index is 0.222. The number of aryl methyl sites for hydroxylation is 1. The van der Waals surface area contributed by atoms with Crippen molar-refractivity contribution in [2.45, 2.75) is 19.2 Å². The molecular formula is C21H20ClF2N3OS. The first-order chi connectivity index (χ1) is 14.0. The highest BCUT2D eigenvalue weighted by Gasteiger charge is 2.20. The van der Waals surface area contributed by atoms with Gasteiger partial charge in [-0.2, -0.15) is 16.9 Å². The summed E-state index contributed by atoms with van der Waals surface area (Å²) in [5.41, 5.74) is 2.32. The average molecular weight is 436 g/mol. The van der Waals surface area contributed by atoms with E-state index >= 15 is 0 Å². The molecule has 0 radical (unpaired) electrons. The average Bonchev–Trinajstić information content (AvgIpc) is 2.98. The second-order valence-electron chi connectivity index (χ2n) is 6.44. The van der Waals surface area contributed by atoms with Crippen LogP contribution in [0.2, 0.25) is 5.15 Å². The summed E-state index contributed by atoms with van der Waals surface area (Å²) in [5, 5.41) is 7.39. The zero-order valence-corrected chi connectivity index (χ0v) is 17.4. The Morgan fingerprint density at radius 3 is 2.62 bits per heavy atom. The molecule has 1 N–H and O–H groups in total. The van der Waals surface area contributed by atoms with Gasteiger partial charge >= 0.3 is 0 Å². The largest absolute Gasteiger partial charge is 0.351 e. The van der Waals surface area contributed by atoms with Crippen molar-refractivity contribution >= 4 is 29.3 Å². The molecule has 1 amide bonds. The molecule has 0 atom stereocenters. The van der Waals surface area contributed by atoms with Gasteiger partial charge in [-0.3, -0.25) is 4.79 Å². The van der Waals surface area contributed by atoms with E-state index in [1.807, 2.05) is 0 Å². The minimum atomic E-state index is -0.315. The van der Waals surface area contributed by atoms with Crippen LogP contribution in [0.5, 0.6) is 0 Å². The Labute approximate surface area is 177 Å². The van der Waals surface area contributed by atoms with Crippen molar-refractivity contribution in [3.63, 3.8) is 0 Å². The number of thioether (sulfide) groups is 1. The lowest BCUT2D eigenvalue weighted by atomic mass is 10.2. The lowest BCUT2D eigenvalue weighted by Gasteiger charge is -2.07. The molecule has 29 heavy (non-hydrogen) atoms. The molecular weight excluding hydrogens is 416 g/mol. The summed E-state index contributed by atoms with van der Waals surface area (Å²) in [7, 11) is 0. The third kappa shape index (κ3) is 5.58. The second-order valence-corrected chi connectivity index (χ2v) is 7.90. The summed E-state index contributed by atoms with van der Waals surface area (Å²) in [6.45, 7) is 2.48. The Morgan fingerprint density at radius 1 is 1.17 bits per heavy atom. The van der Waals surface area contributed by atoms with E-state index in [2.05, 4.69) is 10.4 Å². The standard InChI is InChI=1S/C21H20ClF2N3OS/c1-14-19(20(22)27(26-14)12-15-6-8-17(23)9-7-15)21(28)25-10-11-29-13-16-4-2-3-5-18(16)24/h2-9H,10-13H2,1H3,(H,25,28). The van der Waals surface area contributed by atoms with Gasteiger partial charge in [0.2, 0.25) is 0 Å². The molecule has 0 spiro atoms. The fraction of sp³-hybridized carbons (Fsp3) is 0.238. The fourth-order valence-corrected chi connectivity index (χ4v) is 3.97. The molecule has 0 bridgehead atoms. The predicted molar refractivity (Wildman–Crippen MR) is 112 cm³/mol. The van der Waals surface area contributed by atoms with E-state index < -0.39 is 0 Å². The van der Waals surface area contributed by atoms with Crippen LogP contribution in [0.3, 0.4) is 0 Å². The molecule has 8 heteroatoms. The van der Waals surface area contributed by atoms with Gasteiger partial charge in [-0.1, -0.05) is 41.9 Å². The number of nitrogens with zero attached hydrogens (tertiary/aromatic N) is 2. The maximum absolute atomic E-state index is 13.6. The molecule has 152 valence electrons. The maximum Gasteiger partial charge on any atom is 0.256 e. The summed E-state index contributed by atoms with van der Waals surface area (Å²) < 4.78 is 28.2. The van der Waals surface area contributed by atoms with Gasteiger partial charge < -0.3 is 5.32 Å². The molecule has 0 unspecified atom stereocenters. The second kappa shape index (κ2) is 9.89. The number of nitrogens with one attached hydrogen (secondary N) is 1. The normalized spacial score (nSPS) is 10.9. The number of benzene rings is 2. The van der Waals surface area contributed by atoms with E-state index in [9.17, 15) is 13.6 Å². The summed E-state index contributed by atoms with van der Waals surface area (Å²) >= 11 is 7.90. The van der Waals surface area contributed by atoms with Crippen LogP contribution in [0.15, 0.2) is 48.5 Å². The Balaban J connectivity index is 1.53. The van der Waals surface area contributed by atoms with Crippen LogP contribution in [0.4, 0.5) is 8.78 Å². The molecule has 0 fully saturated rings. The molecule has 1 aromatic heterocycles. The molecule has 0 saturated carbocycles. The number of hydrogen-bond acceptors (Lipinski definition) is 3. The van der Waals surface area contributed by atoms with Crippen LogP contribution in [0.1, 0.15) is 27.2 Å². The first-order valence-electron chi connectivity index (χ1n) is 9.02. The quantitative estimate of drug-likeness (QED) is 0.515. The lowest BCUT2D eigenvalue weighted by Crippen LogP contribution is -2.26. The van der Waals surface area contributed by atoms with Crippen LogP contribution >= 0.6 is 23.4 Å². The van der Waals surface area contributed by atoms with Crippen LogP contribution in [0, 0.1) is 18.6 Å². The molecule has 0 aliphatic heterocycles. The van der Waals surface area contributed by atoms with Gasteiger partial charge in [-0.05, 0) is 36.2 Å². The van der Waals surface area contributed by atoms with E-state index in [0.717, 1.165) is 5.56 Å². The molecule has 1 heterocycles. The van der Waals surface area contributed by atoms with Crippen LogP contribution < -0.4 is 5.32 Å². The highest BCUT2D eigenvalue weighted by Crippen LogP contribution is 2.21. The number of halogens is 3. The molecule has 4 nitrogen and oxygen atoms in total. The minimum Gasteiger partial charge on any atom is -0.351 e. The van der Waals surface area contributed by atoms with E-state index in [0.29, 0.717) is 41.4 Å².